The van der Waals surface area contributed by atoms with Crippen LogP contribution in [0.4, 0.5) is 13.2 Å². The molecule has 0 saturated heterocycles. The summed E-state index contributed by atoms with van der Waals surface area (Å²) in [4.78, 5) is 30.0. The van der Waals surface area contributed by atoms with Gasteiger partial charge < -0.3 is 9.15 Å². The molecule has 6 nitrogen and oxygen atoms in total. The minimum absolute atomic E-state index is 0.0614. The van der Waals surface area contributed by atoms with Crippen LogP contribution in [-0.4, -0.2) is 23.3 Å². The first-order chi connectivity index (χ1) is 18.6. The second kappa shape index (κ2) is 10.5. The van der Waals surface area contributed by atoms with Gasteiger partial charge in [0.2, 0.25) is 0 Å². The smallest absolute Gasteiger partial charge is 0.434 e. The van der Waals surface area contributed by atoms with Crippen molar-refractivity contribution in [2.45, 2.75) is 19.1 Å². The lowest BCUT2D eigenvalue weighted by Crippen LogP contribution is -2.41. The summed E-state index contributed by atoms with van der Waals surface area (Å²) in [5.74, 6) is -0.446. The Labute approximate surface area is 232 Å². The van der Waals surface area contributed by atoms with Crippen LogP contribution in [0.25, 0.3) is 17.4 Å². The van der Waals surface area contributed by atoms with Crippen LogP contribution in [0.3, 0.4) is 0 Å². The maximum absolute atomic E-state index is 14.2. The van der Waals surface area contributed by atoms with E-state index in [4.69, 9.17) is 32.4 Å². The van der Waals surface area contributed by atoms with Crippen molar-refractivity contribution in [3.8, 4) is 11.3 Å². The summed E-state index contributed by atoms with van der Waals surface area (Å²) in [6.45, 7) is 1.30. The molecule has 1 atom stereocenters. The summed E-state index contributed by atoms with van der Waals surface area (Å²) in [5.41, 5.74) is -1.92. The summed E-state index contributed by atoms with van der Waals surface area (Å²) in [6, 6.07) is 14.7. The highest BCUT2D eigenvalue weighted by Gasteiger charge is 2.45. The van der Waals surface area contributed by atoms with Crippen molar-refractivity contribution in [1.29, 1.82) is 0 Å². The van der Waals surface area contributed by atoms with E-state index in [9.17, 15) is 22.8 Å². The third kappa shape index (κ3) is 5.32. The van der Waals surface area contributed by atoms with Crippen LogP contribution in [0.2, 0.25) is 10.0 Å². The van der Waals surface area contributed by atoms with Crippen LogP contribution in [0, 0.1) is 0 Å². The van der Waals surface area contributed by atoms with Crippen molar-refractivity contribution in [2.24, 2.45) is 4.99 Å². The highest BCUT2D eigenvalue weighted by molar-refractivity contribution is 7.07. The van der Waals surface area contributed by atoms with E-state index in [1.54, 1.807) is 36.4 Å². The Morgan fingerprint density at radius 2 is 1.87 bits per heavy atom. The molecule has 12 heteroatoms. The van der Waals surface area contributed by atoms with Crippen molar-refractivity contribution in [2.75, 3.05) is 6.61 Å². The number of nitrogens with zero attached hydrogens (tertiary/aromatic N) is 2. The third-order valence-corrected chi connectivity index (χ3v) is 7.26. The second-order valence-corrected chi connectivity index (χ2v) is 10.2. The van der Waals surface area contributed by atoms with Gasteiger partial charge in [0.1, 0.15) is 11.5 Å². The molecule has 0 spiro atoms. The minimum Gasteiger partial charge on any atom is -0.463 e. The monoisotopic (exact) mass is 592 g/mol. The Hall–Kier alpha value is -3.60. The quantitative estimate of drug-likeness (QED) is 0.270. The molecule has 0 N–H and O–H groups in total. The Morgan fingerprint density at radius 3 is 2.54 bits per heavy atom. The molecule has 3 heterocycles. The Bertz CT molecular complexity index is 1790. The zero-order chi connectivity index (χ0) is 27.9. The molecule has 0 saturated carbocycles. The first-order valence-corrected chi connectivity index (χ1v) is 13.1. The largest absolute Gasteiger partial charge is 0.463 e. The van der Waals surface area contributed by atoms with E-state index in [2.05, 4.69) is 4.99 Å². The first-order valence-electron chi connectivity index (χ1n) is 11.5. The van der Waals surface area contributed by atoms with Gasteiger partial charge in [-0.2, -0.15) is 13.2 Å². The van der Waals surface area contributed by atoms with Gasteiger partial charge in [-0.15, -0.1) is 0 Å². The molecule has 0 aliphatic carbocycles. The molecule has 0 unspecified atom stereocenters. The van der Waals surface area contributed by atoms with Gasteiger partial charge in [-0.1, -0.05) is 58.8 Å². The average molecular weight is 593 g/mol. The molecule has 1 aliphatic heterocycles. The predicted octanol–water partition coefficient (Wildman–Crippen LogP) is 5.91. The number of aromatic nitrogens is 1. The number of esters is 1. The number of allylic oxidation sites excluding steroid dienone is 1. The lowest BCUT2D eigenvalue weighted by atomic mass is 9.95. The molecular weight excluding hydrogens is 576 g/mol. The maximum Gasteiger partial charge on any atom is 0.434 e. The molecular formula is C27H17Cl2F3N2O4S. The number of furan rings is 1. The fourth-order valence-electron chi connectivity index (χ4n) is 4.16. The summed E-state index contributed by atoms with van der Waals surface area (Å²) in [5, 5.41) is 0.844. The van der Waals surface area contributed by atoms with Crippen molar-refractivity contribution < 1.29 is 27.1 Å². The molecule has 0 amide bonds. The van der Waals surface area contributed by atoms with Gasteiger partial charge in [0.05, 0.1) is 22.8 Å². The van der Waals surface area contributed by atoms with Crippen LogP contribution < -0.4 is 14.9 Å². The average Bonchev–Trinajstić information content (AvgIpc) is 3.48. The Morgan fingerprint density at radius 1 is 1.13 bits per heavy atom. The summed E-state index contributed by atoms with van der Waals surface area (Å²) >= 11 is 12.8. The molecule has 4 aromatic rings. The molecule has 2 aromatic carbocycles. The Kier molecular flexibility index (Phi) is 7.28. The van der Waals surface area contributed by atoms with E-state index < -0.39 is 35.0 Å². The van der Waals surface area contributed by atoms with Crippen molar-refractivity contribution in [1.82, 2.24) is 4.57 Å². The van der Waals surface area contributed by atoms with Gasteiger partial charge in [-0.25, -0.2) is 9.79 Å². The molecule has 0 radical (unpaired) electrons. The number of hydrogen-bond acceptors (Lipinski definition) is 6. The number of ether oxygens (including phenoxy) is 1. The number of hydrogen-bond donors (Lipinski definition) is 0. The first kappa shape index (κ1) is 27.0. The van der Waals surface area contributed by atoms with Crippen LogP contribution in [0.15, 0.2) is 86.1 Å². The van der Waals surface area contributed by atoms with E-state index >= 15 is 0 Å². The highest BCUT2D eigenvalue weighted by atomic mass is 35.5. The number of halogens is 5. The van der Waals surface area contributed by atoms with Crippen LogP contribution in [0.1, 0.15) is 24.3 Å². The van der Waals surface area contributed by atoms with E-state index in [-0.39, 0.29) is 21.5 Å². The Balaban J connectivity index is 1.71. The number of rotatable bonds is 5. The van der Waals surface area contributed by atoms with Crippen molar-refractivity contribution >= 4 is 46.6 Å². The lowest BCUT2D eigenvalue weighted by molar-refractivity contribution is -0.140. The predicted molar refractivity (Wildman–Crippen MR) is 141 cm³/mol. The molecule has 0 fully saturated rings. The molecule has 2 aromatic heterocycles. The zero-order valence-electron chi connectivity index (χ0n) is 20.0. The van der Waals surface area contributed by atoms with Crippen molar-refractivity contribution in [3.63, 3.8) is 0 Å². The fraction of sp³-hybridized carbons (Fsp3) is 0.148. The SMILES string of the molecule is CCOC(=O)C1=C(C(F)(F)F)N=c2s/c(=C\c3ccc(-c4cccc(Cl)c4)o3)c(=O)n2[C@H]1c1ccc(Cl)cc1. The van der Waals surface area contributed by atoms with E-state index in [1.807, 2.05) is 0 Å². The van der Waals surface area contributed by atoms with E-state index in [1.165, 1.54) is 37.3 Å². The van der Waals surface area contributed by atoms with Gasteiger partial charge in [0.15, 0.2) is 10.5 Å². The number of carbonyl (C=O) groups is 1. The van der Waals surface area contributed by atoms with E-state index in [0.29, 0.717) is 27.1 Å². The number of alkyl halides is 3. The normalized spacial score (nSPS) is 15.7. The summed E-state index contributed by atoms with van der Waals surface area (Å²) in [6.07, 6.45) is -3.58. The van der Waals surface area contributed by atoms with Gasteiger partial charge >= 0.3 is 12.1 Å². The number of thiazole rings is 1. The summed E-state index contributed by atoms with van der Waals surface area (Å²) < 4.78 is 54.5. The van der Waals surface area contributed by atoms with Gasteiger partial charge in [0.25, 0.3) is 5.56 Å². The highest BCUT2D eigenvalue weighted by Crippen LogP contribution is 2.38. The fourth-order valence-corrected chi connectivity index (χ4v) is 5.45. The second-order valence-electron chi connectivity index (χ2n) is 8.33. The number of fused-ring (bicyclic) bond motifs is 1. The third-order valence-electron chi connectivity index (χ3n) is 5.79. The number of carbonyl (C=O) groups excluding carboxylic acids is 1. The van der Waals surface area contributed by atoms with Crippen LogP contribution in [0.5, 0.6) is 0 Å². The molecule has 5 rings (SSSR count). The molecule has 200 valence electrons. The van der Waals surface area contributed by atoms with Gasteiger partial charge in [-0.05, 0) is 48.9 Å². The molecule has 0 bridgehead atoms. The molecule has 1 aliphatic rings. The topological polar surface area (TPSA) is 73.8 Å². The molecule has 39 heavy (non-hydrogen) atoms. The van der Waals surface area contributed by atoms with Crippen LogP contribution in [-0.2, 0) is 9.53 Å². The van der Waals surface area contributed by atoms with Gasteiger partial charge in [0, 0.05) is 21.7 Å². The zero-order valence-corrected chi connectivity index (χ0v) is 22.3. The maximum atomic E-state index is 14.2. The standard InChI is InChI=1S/C27H17Cl2F3N2O4S/c1-2-37-25(36)21-22(14-6-8-16(28)9-7-14)34-24(35)20(39-26(34)33-23(21)27(30,31)32)13-18-10-11-19(38-18)15-4-3-5-17(29)12-15/h3-13,22H,2H2,1H3/b20-13-/t22-/m0/s1. The lowest BCUT2D eigenvalue weighted by Gasteiger charge is -2.26. The van der Waals surface area contributed by atoms with E-state index in [0.717, 1.165) is 15.9 Å². The van der Waals surface area contributed by atoms with Gasteiger partial charge in [-0.3, -0.25) is 9.36 Å². The summed E-state index contributed by atoms with van der Waals surface area (Å²) in [7, 11) is 0. The number of benzene rings is 2. The van der Waals surface area contributed by atoms with Crippen LogP contribution >= 0.6 is 34.5 Å². The minimum atomic E-state index is -4.99. The van der Waals surface area contributed by atoms with Crippen molar-refractivity contribution in [3.05, 3.63) is 113 Å².